The molecule has 196 valence electrons. The van der Waals surface area contributed by atoms with Gasteiger partial charge >= 0.3 is 0 Å². The van der Waals surface area contributed by atoms with E-state index in [1.54, 1.807) is 19.2 Å². The molecule has 0 amide bonds. The minimum Gasteiger partial charge on any atom is -0.382 e. The first-order valence-corrected chi connectivity index (χ1v) is 14.7. The molecule has 1 aliphatic carbocycles. The second kappa shape index (κ2) is 14.0. The molecule has 4 atom stereocenters. The van der Waals surface area contributed by atoms with E-state index in [4.69, 9.17) is 14.2 Å². The molecule has 2 rings (SSSR count). The van der Waals surface area contributed by atoms with Gasteiger partial charge in [-0.1, -0.05) is 51.8 Å². The van der Waals surface area contributed by atoms with Crippen LogP contribution in [0, 0.1) is 36.0 Å². The number of methoxy groups -OCH3 is 1. The zero-order valence-corrected chi connectivity index (χ0v) is 23.2. The smallest absolute Gasteiger partial charge is 0.178 e. The van der Waals surface area contributed by atoms with Crippen molar-refractivity contribution in [2.75, 3.05) is 39.5 Å². The average molecular weight is 497 g/mol. The van der Waals surface area contributed by atoms with Crippen LogP contribution in [0.15, 0.2) is 29.2 Å². The summed E-state index contributed by atoms with van der Waals surface area (Å²) in [7, 11) is -1.55. The van der Waals surface area contributed by atoms with Crippen molar-refractivity contribution in [2.45, 2.75) is 78.0 Å². The van der Waals surface area contributed by atoms with Crippen molar-refractivity contribution in [1.82, 2.24) is 0 Å². The van der Waals surface area contributed by atoms with Gasteiger partial charge in [0, 0.05) is 13.7 Å². The molecular weight excluding hydrogens is 448 g/mol. The number of aryl methyl sites for hydroxylation is 1. The molecule has 6 heteroatoms. The van der Waals surface area contributed by atoms with E-state index in [1.165, 1.54) is 12.8 Å². The summed E-state index contributed by atoms with van der Waals surface area (Å²) in [6, 6.07) is 7.21. The van der Waals surface area contributed by atoms with Crippen LogP contribution >= 0.6 is 0 Å². The highest BCUT2D eigenvalue weighted by molar-refractivity contribution is 7.91. The van der Waals surface area contributed by atoms with Gasteiger partial charge in [0.1, 0.15) is 6.79 Å². The van der Waals surface area contributed by atoms with Gasteiger partial charge in [-0.05, 0) is 80.2 Å². The molecule has 0 aliphatic heterocycles. The molecule has 0 heterocycles. The van der Waals surface area contributed by atoms with Crippen LogP contribution in [0.2, 0.25) is 0 Å². The van der Waals surface area contributed by atoms with E-state index in [9.17, 15) is 8.42 Å². The Morgan fingerprint density at radius 1 is 1.03 bits per heavy atom. The standard InChI is InChI=1S/C28H48O5S/c1-22(2)26-13-15-28(5,16-17-32-21-33-19-18-31-6)27(26)12-9-24(4)14-20-34(29,30)25-10-7-23(3)8-11-25/h7-8,10-11,22,24,26-27H,9,12-21H2,1-6H3/t24-,26+,27-,28+/m0/s1. The van der Waals surface area contributed by atoms with Crippen LogP contribution in [-0.4, -0.2) is 47.9 Å². The normalized spacial score (nSPS) is 24.1. The number of hydrogen-bond acceptors (Lipinski definition) is 5. The lowest BCUT2D eigenvalue weighted by Crippen LogP contribution is -2.29. The Hall–Kier alpha value is -0.950. The van der Waals surface area contributed by atoms with Crippen LogP contribution in [0.4, 0.5) is 0 Å². The molecule has 0 saturated heterocycles. The largest absolute Gasteiger partial charge is 0.382 e. The van der Waals surface area contributed by atoms with Crippen molar-refractivity contribution in [3.05, 3.63) is 29.8 Å². The Kier molecular flexibility index (Phi) is 12.0. The van der Waals surface area contributed by atoms with E-state index in [-0.39, 0.29) is 11.2 Å². The molecule has 5 nitrogen and oxygen atoms in total. The molecule has 1 fully saturated rings. The number of rotatable bonds is 16. The Labute approximate surface area is 208 Å². The van der Waals surface area contributed by atoms with Crippen LogP contribution in [0.3, 0.4) is 0 Å². The third-order valence-corrected chi connectivity index (χ3v) is 9.73. The zero-order valence-electron chi connectivity index (χ0n) is 22.3. The van der Waals surface area contributed by atoms with Crippen molar-refractivity contribution < 1.29 is 22.6 Å². The van der Waals surface area contributed by atoms with Crippen molar-refractivity contribution in [1.29, 1.82) is 0 Å². The van der Waals surface area contributed by atoms with E-state index < -0.39 is 9.84 Å². The molecular formula is C28H48O5S. The summed E-state index contributed by atoms with van der Waals surface area (Å²) < 4.78 is 41.7. The lowest BCUT2D eigenvalue weighted by atomic mass is 9.69. The summed E-state index contributed by atoms with van der Waals surface area (Å²) in [6.45, 7) is 13.5. The first kappa shape index (κ1) is 29.3. The average Bonchev–Trinajstić information content (AvgIpc) is 3.12. The van der Waals surface area contributed by atoms with Gasteiger partial charge in [0.2, 0.25) is 0 Å². The Morgan fingerprint density at radius 2 is 1.71 bits per heavy atom. The molecule has 0 radical (unpaired) electrons. The molecule has 0 spiro atoms. The minimum atomic E-state index is -3.22. The molecule has 1 aromatic carbocycles. The maximum Gasteiger partial charge on any atom is 0.178 e. The molecule has 0 N–H and O–H groups in total. The molecule has 0 aromatic heterocycles. The van der Waals surface area contributed by atoms with Crippen molar-refractivity contribution in [3.63, 3.8) is 0 Å². The van der Waals surface area contributed by atoms with Crippen LogP contribution < -0.4 is 0 Å². The molecule has 1 aliphatic rings. The van der Waals surface area contributed by atoms with Gasteiger partial charge in [0.05, 0.1) is 23.9 Å². The SMILES string of the molecule is COCCOCOCC[C@@]1(C)CC[C@H](C(C)C)[C@@H]1CC[C@H](C)CCS(=O)(=O)c1ccc(C)cc1. The summed E-state index contributed by atoms with van der Waals surface area (Å²) in [5.74, 6) is 2.67. The highest BCUT2D eigenvalue weighted by Crippen LogP contribution is 2.53. The third kappa shape index (κ3) is 8.92. The summed E-state index contributed by atoms with van der Waals surface area (Å²) >= 11 is 0. The maximum atomic E-state index is 12.8. The van der Waals surface area contributed by atoms with Crippen molar-refractivity contribution >= 4 is 9.84 Å². The minimum absolute atomic E-state index is 0.226. The van der Waals surface area contributed by atoms with E-state index in [2.05, 4.69) is 27.7 Å². The van der Waals surface area contributed by atoms with Gasteiger partial charge < -0.3 is 14.2 Å². The highest BCUT2D eigenvalue weighted by Gasteiger charge is 2.45. The van der Waals surface area contributed by atoms with E-state index in [1.807, 2.05) is 19.1 Å². The number of hydrogen-bond donors (Lipinski definition) is 0. The van der Waals surface area contributed by atoms with Gasteiger partial charge in [0.25, 0.3) is 0 Å². The Bertz CT molecular complexity index is 805. The van der Waals surface area contributed by atoms with Gasteiger partial charge in [-0.25, -0.2) is 8.42 Å². The monoisotopic (exact) mass is 496 g/mol. The Morgan fingerprint density at radius 3 is 2.35 bits per heavy atom. The van der Waals surface area contributed by atoms with Crippen molar-refractivity contribution in [3.8, 4) is 0 Å². The predicted molar refractivity (Wildman–Crippen MR) is 139 cm³/mol. The predicted octanol–water partition coefficient (Wildman–Crippen LogP) is 6.29. The molecule has 0 unspecified atom stereocenters. The molecule has 34 heavy (non-hydrogen) atoms. The number of benzene rings is 1. The van der Waals surface area contributed by atoms with Gasteiger partial charge in [-0.2, -0.15) is 0 Å². The first-order valence-electron chi connectivity index (χ1n) is 13.0. The summed E-state index contributed by atoms with van der Waals surface area (Å²) in [6.07, 6.45) is 6.52. The summed E-state index contributed by atoms with van der Waals surface area (Å²) in [5, 5.41) is 0. The van der Waals surface area contributed by atoms with E-state index in [0.29, 0.717) is 49.1 Å². The lowest BCUT2D eigenvalue weighted by molar-refractivity contribution is -0.0741. The van der Waals surface area contributed by atoms with Gasteiger partial charge in [0.15, 0.2) is 9.84 Å². The van der Waals surface area contributed by atoms with Crippen LogP contribution in [0.1, 0.15) is 71.8 Å². The van der Waals surface area contributed by atoms with Crippen LogP contribution in [-0.2, 0) is 24.0 Å². The molecule has 1 saturated carbocycles. The topological polar surface area (TPSA) is 61.8 Å². The highest BCUT2D eigenvalue weighted by atomic mass is 32.2. The first-order chi connectivity index (χ1) is 16.1. The van der Waals surface area contributed by atoms with Crippen LogP contribution in [0.25, 0.3) is 0 Å². The van der Waals surface area contributed by atoms with E-state index in [0.717, 1.165) is 37.4 Å². The second-order valence-electron chi connectivity index (χ2n) is 11.0. The number of sulfone groups is 1. The number of ether oxygens (including phenoxy) is 3. The molecule has 0 bridgehead atoms. The van der Waals surface area contributed by atoms with Crippen molar-refractivity contribution in [2.24, 2.45) is 29.1 Å². The fourth-order valence-electron chi connectivity index (χ4n) is 5.52. The van der Waals surface area contributed by atoms with Gasteiger partial charge in [-0.3, -0.25) is 0 Å². The quantitative estimate of drug-likeness (QED) is 0.199. The fourth-order valence-corrected chi connectivity index (χ4v) is 7.02. The maximum absolute atomic E-state index is 12.8. The van der Waals surface area contributed by atoms with E-state index >= 15 is 0 Å². The second-order valence-corrected chi connectivity index (χ2v) is 13.1. The fraction of sp³-hybridized carbons (Fsp3) is 0.786. The van der Waals surface area contributed by atoms with Gasteiger partial charge in [-0.15, -0.1) is 0 Å². The Balaban J connectivity index is 1.86. The molecule has 1 aromatic rings. The zero-order chi connectivity index (χ0) is 25.2. The van der Waals surface area contributed by atoms with Crippen LogP contribution in [0.5, 0.6) is 0 Å². The summed E-state index contributed by atoms with van der Waals surface area (Å²) in [4.78, 5) is 0.444. The third-order valence-electron chi connectivity index (χ3n) is 7.96. The lowest BCUT2D eigenvalue weighted by Gasteiger charge is -2.36. The summed E-state index contributed by atoms with van der Waals surface area (Å²) in [5.41, 5.74) is 1.35.